The second kappa shape index (κ2) is 5.07. The summed E-state index contributed by atoms with van der Waals surface area (Å²) in [6.45, 7) is 3.64. The number of amides is 1. The molecule has 0 bridgehead atoms. The summed E-state index contributed by atoms with van der Waals surface area (Å²) in [5.74, 6) is -0.239. The fraction of sp³-hybridized carbons (Fsp3) is 0.333. The Morgan fingerprint density at radius 1 is 1.30 bits per heavy atom. The Bertz CT molecular complexity index is 629. The van der Waals surface area contributed by atoms with E-state index in [1.165, 1.54) is 12.1 Å². The first-order chi connectivity index (χ1) is 9.70. The van der Waals surface area contributed by atoms with Crippen molar-refractivity contribution in [3.05, 3.63) is 47.5 Å². The lowest BCUT2D eigenvalue weighted by Crippen LogP contribution is -2.42. The van der Waals surface area contributed by atoms with Crippen LogP contribution in [0.5, 0.6) is 0 Å². The minimum Gasteiger partial charge on any atom is -0.338 e. The molecule has 1 aliphatic heterocycles. The van der Waals surface area contributed by atoms with E-state index in [4.69, 9.17) is 0 Å². The van der Waals surface area contributed by atoms with E-state index < -0.39 is 0 Å². The summed E-state index contributed by atoms with van der Waals surface area (Å²) in [4.78, 5) is 14.1. The molecule has 2 heterocycles. The summed E-state index contributed by atoms with van der Waals surface area (Å²) in [6, 6.07) is 6.12. The fourth-order valence-corrected chi connectivity index (χ4v) is 2.39. The highest BCUT2D eigenvalue weighted by molar-refractivity contribution is 5.95. The predicted molar refractivity (Wildman–Crippen MR) is 73.4 cm³/mol. The van der Waals surface area contributed by atoms with Crippen LogP contribution in [0.4, 0.5) is 4.39 Å². The molecule has 1 aromatic carbocycles. The van der Waals surface area contributed by atoms with Crippen molar-refractivity contribution in [2.24, 2.45) is 0 Å². The second-order valence-electron chi connectivity index (χ2n) is 4.89. The monoisotopic (exact) mass is 273 g/mol. The van der Waals surface area contributed by atoms with Crippen molar-refractivity contribution >= 4 is 5.91 Å². The smallest absolute Gasteiger partial charge is 0.257 e. The molecule has 0 radical (unpaired) electrons. The number of carbonyl (C=O) groups is 1. The van der Waals surface area contributed by atoms with Crippen LogP contribution < -0.4 is 0 Å². The van der Waals surface area contributed by atoms with Gasteiger partial charge in [-0.1, -0.05) is 6.92 Å². The van der Waals surface area contributed by atoms with Gasteiger partial charge in [-0.3, -0.25) is 4.79 Å². The number of hydrogen-bond acceptors (Lipinski definition) is 2. The van der Waals surface area contributed by atoms with Crippen molar-refractivity contribution in [2.45, 2.75) is 19.8 Å². The molecule has 104 valence electrons. The van der Waals surface area contributed by atoms with Gasteiger partial charge in [0, 0.05) is 13.1 Å². The maximum absolute atomic E-state index is 13.0. The number of carbonyl (C=O) groups excluding carboxylic acids is 1. The molecule has 1 aliphatic rings. The van der Waals surface area contributed by atoms with Crippen molar-refractivity contribution in [3.8, 4) is 5.69 Å². The van der Waals surface area contributed by atoms with Gasteiger partial charge in [-0.2, -0.15) is 5.10 Å². The number of rotatable bonds is 3. The Balaban J connectivity index is 1.98. The molecule has 4 nitrogen and oxygen atoms in total. The molecular formula is C15H16FN3O. The Morgan fingerprint density at radius 3 is 2.55 bits per heavy atom. The second-order valence-corrected chi connectivity index (χ2v) is 4.89. The topological polar surface area (TPSA) is 38.1 Å². The van der Waals surface area contributed by atoms with Crippen LogP contribution in [0, 0.1) is 5.82 Å². The van der Waals surface area contributed by atoms with E-state index in [-0.39, 0.29) is 11.7 Å². The molecule has 3 rings (SSSR count). The third-order valence-corrected chi connectivity index (χ3v) is 3.65. The standard InChI is InChI=1S/C15H16FN3O/c1-2-14-13(15(20)18-8-3-9-18)10-17-19(14)12-6-4-11(16)5-7-12/h4-7,10H,2-3,8-9H2,1H3. The van der Waals surface area contributed by atoms with Crippen molar-refractivity contribution < 1.29 is 9.18 Å². The van der Waals surface area contributed by atoms with Crippen LogP contribution in [-0.2, 0) is 6.42 Å². The number of halogens is 1. The maximum atomic E-state index is 13.0. The quantitative estimate of drug-likeness (QED) is 0.861. The van der Waals surface area contributed by atoms with Crippen molar-refractivity contribution in [2.75, 3.05) is 13.1 Å². The van der Waals surface area contributed by atoms with Crippen molar-refractivity contribution in [3.63, 3.8) is 0 Å². The molecule has 0 aliphatic carbocycles. The molecule has 0 unspecified atom stereocenters. The first kappa shape index (κ1) is 12.8. The number of nitrogens with zero attached hydrogens (tertiary/aromatic N) is 3. The zero-order valence-corrected chi connectivity index (χ0v) is 11.3. The summed E-state index contributed by atoms with van der Waals surface area (Å²) >= 11 is 0. The zero-order valence-electron chi connectivity index (χ0n) is 11.3. The van der Waals surface area contributed by atoms with Crippen LogP contribution in [0.15, 0.2) is 30.5 Å². The fourth-order valence-electron chi connectivity index (χ4n) is 2.39. The van der Waals surface area contributed by atoms with Crippen LogP contribution >= 0.6 is 0 Å². The number of hydrogen-bond donors (Lipinski definition) is 0. The summed E-state index contributed by atoms with van der Waals surface area (Å²) in [5.41, 5.74) is 2.29. The summed E-state index contributed by atoms with van der Waals surface area (Å²) < 4.78 is 14.7. The number of likely N-dealkylation sites (tertiary alicyclic amines) is 1. The molecule has 0 spiro atoms. The lowest BCUT2D eigenvalue weighted by Gasteiger charge is -2.30. The van der Waals surface area contributed by atoms with Gasteiger partial charge in [0.15, 0.2) is 0 Å². The van der Waals surface area contributed by atoms with Gasteiger partial charge in [0.25, 0.3) is 5.91 Å². The summed E-state index contributed by atoms with van der Waals surface area (Å²) in [6.07, 6.45) is 3.38. The average Bonchev–Trinajstić information content (AvgIpc) is 2.81. The van der Waals surface area contributed by atoms with Gasteiger partial charge < -0.3 is 4.90 Å². The molecule has 0 N–H and O–H groups in total. The molecule has 0 atom stereocenters. The molecule has 1 amide bonds. The molecule has 1 aromatic heterocycles. The predicted octanol–water partition coefficient (Wildman–Crippen LogP) is 2.42. The molecule has 1 fully saturated rings. The Morgan fingerprint density at radius 2 is 2.00 bits per heavy atom. The zero-order chi connectivity index (χ0) is 14.1. The van der Waals surface area contributed by atoms with Crippen LogP contribution in [0.3, 0.4) is 0 Å². The minimum atomic E-state index is -0.282. The van der Waals surface area contributed by atoms with Crippen molar-refractivity contribution in [1.29, 1.82) is 0 Å². The Labute approximate surface area is 116 Å². The normalized spacial score (nSPS) is 14.2. The molecule has 5 heteroatoms. The van der Waals surface area contributed by atoms with Gasteiger partial charge in [0.1, 0.15) is 5.82 Å². The lowest BCUT2D eigenvalue weighted by molar-refractivity contribution is 0.0650. The van der Waals surface area contributed by atoms with E-state index in [0.717, 1.165) is 30.9 Å². The Kier molecular flexibility index (Phi) is 3.26. The van der Waals surface area contributed by atoms with E-state index >= 15 is 0 Å². The molecule has 20 heavy (non-hydrogen) atoms. The molecular weight excluding hydrogens is 257 g/mol. The first-order valence-electron chi connectivity index (χ1n) is 6.83. The van der Waals surface area contributed by atoms with Gasteiger partial charge in [-0.15, -0.1) is 0 Å². The van der Waals surface area contributed by atoms with E-state index in [9.17, 15) is 9.18 Å². The van der Waals surface area contributed by atoms with Gasteiger partial charge in [-0.05, 0) is 37.1 Å². The third kappa shape index (κ3) is 2.09. The highest BCUT2D eigenvalue weighted by Crippen LogP contribution is 2.20. The third-order valence-electron chi connectivity index (χ3n) is 3.65. The van der Waals surface area contributed by atoms with E-state index in [2.05, 4.69) is 5.10 Å². The lowest BCUT2D eigenvalue weighted by atomic mass is 10.1. The number of aromatic nitrogens is 2. The van der Waals surface area contributed by atoms with E-state index in [1.807, 2.05) is 11.8 Å². The van der Waals surface area contributed by atoms with Crippen LogP contribution in [0.1, 0.15) is 29.4 Å². The minimum absolute atomic E-state index is 0.0430. The molecule has 2 aromatic rings. The highest BCUT2D eigenvalue weighted by atomic mass is 19.1. The summed E-state index contributed by atoms with van der Waals surface area (Å²) in [7, 11) is 0. The average molecular weight is 273 g/mol. The van der Waals surface area contributed by atoms with Gasteiger partial charge >= 0.3 is 0 Å². The Hall–Kier alpha value is -2.17. The van der Waals surface area contributed by atoms with E-state index in [1.54, 1.807) is 23.0 Å². The number of benzene rings is 1. The first-order valence-corrected chi connectivity index (χ1v) is 6.83. The van der Waals surface area contributed by atoms with Crippen LogP contribution in [-0.4, -0.2) is 33.7 Å². The van der Waals surface area contributed by atoms with Crippen LogP contribution in [0.2, 0.25) is 0 Å². The highest BCUT2D eigenvalue weighted by Gasteiger charge is 2.25. The van der Waals surface area contributed by atoms with E-state index in [0.29, 0.717) is 12.0 Å². The SMILES string of the molecule is CCc1c(C(=O)N2CCC2)cnn1-c1ccc(F)cc1. The molecule has 0 saturated carbocycles. The van der Waals surface area contributed by atoms with Crippen LogP contribution in [0.25, 0.3) is 5.69 Å². The van der Waals surface area contributed by atoms with Gasteiger partial charge in [0.05, 0.1) is 23.1 Å². The summed E-state index contributed by atoms with van der Waals surface area (Å²) in [5, 5.41) is 4.30. The van der Waals surface area contributed by atoms with Gasteiger partial charge in [-0.25, -0.2) is 9.07 Å². The maximum Gasteiger partial charge on any atom is 0.257 e. The van der Waals surface area contributed by atoms with Gasteiger partial charge in [0.2, 0.25) is 0 Å². The largest absolute Gasteiger partial charge is 0.338 e. The van der Waals surface area contributed by atoms with Crippen molar-refractivity contribution in [1.82, 2.24) is 14.7 Å². The molecule has 1 saturated heterocycles.